The third kappa shape index (κ3) is 2.51. The van der Waals surface area contributed by atoms with Gasteiger partial charge in [-0.15, -0.1) is 0 Å². The molecule has 1 fully saturated rings. The van der Waals surface area contributed by atoms with E-state index in [2.05, 4.69) is 4.90 Å². The Bertz CT molecular complexity index is 347. The van der Waals surface area contributed by atoms with E-state index in [0.717, 1.165) is 19.5 Å². The summed E-state index contributed by atoms with van der Waals surface area (Å²) in [4.78, 5) is 13.8. The Morgan fingerprint density at radius 2 is 2.50 bits per heavy atom. The lowest BCUT2D eigenvalue weighted by Crippen LogP contribution is -2.43. The van der Waals surface area contributed by atoms with Crippen LogP contribution in [0.3, 0.4) is 0 Å². The van der Waals surface area contributed by atoms with Gasteiger partial charge in [-0.2, -0.15) is 0 Å². The molecule has 88 valence electrons. The third-order valence-electron chi connectivity index (χ3n) is 3.11. The minimum atomic E-state index is -0.227. The van der Waals surface area contributed by atoms with Crippen LogP contribution in [0.15, 0.2) is 22.8 Å². The second-order valence-corrected chi connectivity index (χ2v) is 4.47. The van der Waals surface area contributed by atoms with Crippen LogP contribution in [0.5, 0.6) is 0 Å². The van der Waals surface area contributed by atoms with E-state index in [1.54, 1.807) is 12.1 Å². The minimum absolute atomic E-state index is 0.00795. The van der Waals surface area contributed by atoms with E-state index in [1.807, 2.05) is 6.92 Å². The summed E-state index contributed by atoms with van der Waals surface area (Å²) in [5, 5.41) is 9.58. The predicted molar refractivity (Wildman–Crippen MR) is 59.3 cm³/mol. The van der Waals surface area contributed by atoms with Crippen LogP contribution in [0.1, 0.15) is 23.9 Å². The van der Waals surface area contributed by atoms with Crippen molar-refractivity contribution >= 4 is 5.78 Å². The lowest BCUT2D eigenvalue weighted by Gasteiger charge is -2.33. The van der Waals surface area contributed by atoms with E-state index in [-0.39, 0.29) is 17.8 Å². The Hall–Kier alpha value is -1.13. The molecule has 4 heteroatoms. The summed E-state index contributed by atoms with van der Waals surface area (Å²) in [5.41, 5.74) is 0. The van der Waals surface area contributed by atoms with Crippen molar-refractivity contribution in [2.45, 2.75) is 19.4 Å². The number of likely N-dealkylation sites (tertiary alicyclic amines) is 1. The highest BCUT2D eigenvalue weighted by Crippen LogP contribution is 2.16. The first kappa shape index (κ1) is 11.4. The number of rotatable bonds is 3. The zero-order valence-corrected chi connectivity index (χ0v) is 9.43. The number of piperidine rings is 1. The lowest BCUT2D eigenvalue weighted by molar-refractivity contribution is 0.0339. The van der Waals surface area contributed by atoms with Crippen molar-refractivity contribution in [1.82, 2.24) is 4.90 Å². The molecule has 0 aliphatic carbocycles. The number of nitrogens with zero attached hydrogens (tertiary/aromatic N) is 1. The molecule has 0 amide bonds. The molecule has 0 bridgehead atoms. The van der Waals surface area contributed by atoms with E-state index in [0.29, 0.717) is 12.3 Å². The number of aliphatic hydroxyl groups is 1. The molecule has 16 heavy (non-hydrogen) atoms. The van der Waals surface area contributed by atoms with Crippen LogP contribution in [0.4, 0.5) is 0 Å². The highest BCUT2D eigenvalue weighted by molar-refractivity contribution is 5.94. The van der Waals surface area contributed by atoms with Crippen LogP contribution >= 0.6 is 0 Å². The van der Waals surface area contributed by atoms with Gasteiger partial charge in [0.1, 0.15) is 0 Å². The fourth-order valence-electron chi connectivity index (χ4n) is 2.08. The standard InChI is InChI=1S/C12H17NO3/c1-9-7-13(5-4-10(9)14)8-11(15)12-3-2-6-16-12/h2-3,6,9-10,14H,4-5,7-8H2,1H3. The Kier molecular flexibility index (Phi) is 3.41. The summed E-state index contributed by atoms with van der Waals surface area (Å²) >= 11 is 0. The van der Waals surface area contributed by atoms with E-state index in [1.165, 1.54) is 6.26 Å². The molecular formula is C12H17NO3. The molecule has 4 nitrogen and oxygen atoms in total. The molecule has 2 unspecified atom stereocenters. The van der Waals surface area contributed by atoms with Crippen molar-refractivity contribution in [3.05, 3.63) is 24.2 Å². The van der Waals surface area contributed by atoms with Crippen molar-refractivity contribution in [1.29, 1.82) is 0 Å². The average molecular weight is 223 g/mol. The summed E-state index contributed by atoms with van der Waals surface area (Å²) < 4.78 is 5.06. The summed E-state index contributed by atoms with van der Waals surface area (Å²) in [7, 11) is 0. The zero-order valence-electron chi connectivity index (χ0n) is 9.43. The molecule has 1 aliphatic heterocycles. The first-order valence-corrected chi connectivity index (χ1v) is 5.64. The minimum Gasteiger partial charge on any atom is -0.461 e. The maximum absolute atomic E-state index is 11.8. The quantitative estimate of drug-likeness (QED) is 0.781. The molecule has 0 spiro atoms. The van der Waals surface area contributed by atoms with Gasteiger partial charge in [0.25, 0.3) is 0 Å². The van der Waals surface area contributed by atoms with Gasteiger partial charge in [-0.1, -0.05) is 6.92 Å². The van der Waals surface area contributed by atoms with E-state index in [9.17, 15) is 9.90 Å². The van der Waals surface area contributed by atoms with Gasteiger partial charge < -0.3 is 9.52 Å². The van der Waals surface area contributed by atoms with Gasteiger partial charge in [0.15, 0.2) is 5.76 Å². The molecule has 1 aliphatic rings. The van der Waals surface area contributed by atoms with Crippen LogP contribution in [0, 0.1) is 5.92 Å². The number of aliphatic hydroxyl groups excluding tert-OH is 1. The molecule has 2 atom stereocenters. The number of furan rings is 1. The van der Waals surface area contributed by atoms with Crippen LogP contribution < -0.4 is 0 Å². The number of ketones is 1. The lowest BCUT2D eigenvalue weighted by atomic mass is 9.96. The zero-order chi connectivity index (χ0) is 11.5. The van der Waals surface area contributed by atoms with Crippen molar-refractivity contribution in [3.8, 4) is 0 Å². The summed E-state index contributed by atoms with van der Waals surface area (Å²) in [6.45, 7) is 3.93. The molecule has 1 saturated heterocycles. The van der Waals surface area contributed by atoms with Gasteiger partial charge in [0, 0.05) is 13.1 Å². The number of carbonyl (C=O) groups is 1. The number of carbonyl (C=O) groups excluding carboxylic acids is 1. The second-order valence-electron chi connectivity index (χ2n) is 4.47. The molecule has 2 heterocycles. The summed E-state index contributed by atoms with van der Waals surface area (Å²) in [5.74, 6) is 0.658. The van der Waals surface area contributed by atoms with Crippen molar-refractivity contribution < 1.29 is 14.3 Å². The fraction of sp³-hybridized carbons (Fsp3) is 0.583. The van der Waals surface area contributed by atoms with E-state index >= 15 is 0 Å². The third-order valence-corrected chi connectivity index (χ3v) is 3.11. The first-order chi connectivity index (χ1) is 7.66. The Balaban J connectivity index is 1.89. The van der Waals surface area contributed by atoms with Gasteiger partial charge >= 0.3 is 0 Å². The molecular weight excluding hydrogens is 206 g/mol. The molecule has 0 saturated carbocycles. The maximum Gasteiger partial charge on any atom is 0.211 e. The highest BCUT2D eigenvalue weighted by Gasteiger charge is 2.25. The predicted octanol–water partition coefficient (Wildman–Crippen LogP) is 1.17. The molecule has 1 aromatic rings. The Morgan fingerprint density at radius 1 is 1.69 bits per heavy atom. The fourth-order valence-corrected chi connectivity index (χ4v) is 2.08. The molecule has 1 N–H and O–H groups in total. The van der Waals surface area contributed by atoms with Crippen molar-refractivity contribution in [2.24, 2.45) is 5.92 Å². The van der Waals surface area contributed by atoms with Gasteiger partial charge in [0.05, 0.1) is 18.9 Å². The monoisotopic (exact) mass is 223 g/mol. The van der Waals surface area contributed by atoms with E-state index in [4.69, 9.17) is 4.42 Å². The Morgan fingerprint density at radius 3 is 3.12 bits per heavy atom. The van der Waals surface area contributed by atoms with Gasteiger partial charge in [-0.25, -0.2) is 0 Å². The smallest absolute Gasteiger partial charge is 0.211 e. The normalized spacial score (nSPS) is 26.9. The second kappa shape index (κ2) is 4.80. The first-order valence-electron chi connectivity index (χ1n) is 5.64. The largest absolute Gasteiger partial charge is 0.461 e. The molecule has 2 rings (SSSR count). The topological polar surface area (TPSA) is 53.7 Å². The SMILES string of the molecule is CC1CN(CC(=O)c2ccco2)CCC1O. The molecule has 0 radical (unpaired) electrons. The van der Waals surface area contributed by atoms with Gasteiger partial charge in [-0.3, -0.25) is 9.69 Å². The number of Topliss-reactive ketones (excluding diaryl/α,β-unsaturated/α-hetero) is 1. The van der Waals surface area contributed by atoms with Crippen LogP contribution in [-0.2, 0) is 0 Å². The Labute approximate surface area is 94.9 Å². The number of hydrogen-bond acceptors (Lipinski definition) is 4. The van der Waals surface area contributed by atoms with E-state index < -0.39 is 0 Å². The molecule has 0 aromatic carbocycles. The molecule has 1 aromatic heterocycles. The highest BCUT2D eigenvalue weighted by atomic mass is 16.3. The van der Waals surface area contributed by atoms with Crippen LogP contribution in [-0.4, -0.2) is 41.5 Å². The van der Waals surface area contributed by atoms with Gasteiger partial charge in [0.2, 0.25) is 5.78 Å². The summed E-state index contributed by atoms with van der Waals surface area (Å²) in [6.07, 6.45) is 2.03. The van der Waals surface area contributed by atoms with Crippen LogP contribution in [0.25, 0.3) is 0 Å². The van der Waals surface area contributed by atoms with Crippen molar-refractivity contribution in [3.63, 3.8) is 0 Å². The van der Waals surface area contributed by atoms with Crippen molar-refractivity contribution in [2.75, 3.05) is 19.6 Å². The summed E-state index contributed by atoms with van der Waals surface area (Å²) in [6, 6.07) is 3.40. The van der Waals surface area contributed by atoms with Crippen LogP contribution in [0.2, 0.25) is 0 Å². The average Bonchev–Trinajstić information content (AvgIpc) is 2.77. The maximum atomic E-state index is 11.8. The van der Waals surface area contributed by atoms with Gasteiger partial charge in [-0.05, 0) is 24.5 Å². The number of hydrogen-bond donors (Lipinski definition) is 1.